The van der Waals surface area contributed by atoms with Crippen molar-refractivity contribution in [1.29, 1.82) is 0 Å². The van der Waals surface area contributed by atoms with Gasteiger partial charge >= 0.3 is 5.97 Å². The van der Waals surface area contributed by atoms with Crippen LogP contribution in [-0.2, 0) is 20.6 Å². The van der Waals surface area contributed by atoms with E-state index < -0.39 is 27.2 Å². The van der Waals surface area contributed by atoms with Crippen molar-refractivity contribution in [2.45, 2.75) is 19.6 Å². The molecular formula is C12H16FNO4S. The molecule has 19 heavy (non-hydrogen) atoms. The zero-order chi connectivity index (χ0) is 14.7. The Balaban J connectivity index is 2.67. The highest BCUT2D eigenvalue weighted by Gasteiger charge is 2.28. The number of aliphatic carboxylic acids is 1. The predicted octanol–water partition coefficient (Wildman–Crippen LogP) is 1.36. The molecule has 1 aromatic carbocycles. The molecule has 0 saturated carbocycles. The molecule has 2 N–H and O–H groups in total. The highest BCUT2D eigenvalue weighted by molar-refractivity contribution is 7.88. The molecule has 5 nitrogen and oxygen atoms in total. The maximum Gasteiger partial charge on any atom is 0.310 e. The van der Waals surface area contributed by atoms with Gasteiger partial charge in [0.15, 0.2) is 0 Å². The Morgan fingerprint density at radius 1 is 1.32 bits per heavy atom. The van der Waals surface area contributed by atoms with Crippen LogP contribution in [0.15, 0.2) is 24.3 Å². The number of hydrogen-bond donors (Lipinski definition) is 2. The second kappa shape index (κ2) is 5.66. The van der Waals surface area contributed by atoms with Crippen LogP contribution in [0.4, 0.5) is 4.39 Å². The molecule has 0 atom stereocenters. The lowest BCUT2D eigenvalue weighted by Gasteiger charge is -2.19. The summed E-state index contributed by atoms with van der Waals surface area (Å²) in [6.07, 6.45) is 0. The number of carbonyl (C=O) groups is 1. The predicted molar refractivity (Wildman–Crippen MR) is 68.4 cm³/mol. The number of hydrogen-bond acceptors (Lipinski definition) is 3. The van der Waals surface area contributed by atoms with Gasteiger partial charge in [0.05, 0.1) is 11.2 Å². The molecule has 0 bridgehead atoms. The van der Waals surface area contributed by atoms with Crippen molar-refractivity contribution in [3.05, 3.63) is 35.6 Å². The lowest BCUT2D eigenvalue weighted by Crippen LogP contribution is -2.39. The molecule has 1 aromatic rings. The Morgan fingerprint density at radius 2 is 1.84 bits per heavy atom. The van der Waals surface area contributed by atoms with Crippen LogP contribution in [0.5, 0.6) is 0 Å². The minimum absolute atomic E-state index is 0.203. The Morgan fingerprint density at radius 3 is 2.32 bits per heavy atom. The van der Waals surface area contributed by atoms with Gasteiger partial charge in [-0.05, 0) is 31.5 Å². The number of carboxylic acid groups (broad SMARTS) is 1. The first kappa shape index (κ1) is 15.6. The fraction of sp³-hybridized carbons (Fsp3) is 0.417. The van der Waals surface area contributed by atoms with Gasteiger partial charge in [-0.25, -0.2) is 17.5 Å². The number of carboxylic acids is 1. The van der Waals surface area contributed by atoms with Crippen LogP contribution in [-0.4, -0.2) is 26.0 Å². The van der Waals surface area contributed by atoms with Crippen LogP contribution in [0.1, 0.15) is 19.4 Å². The van der Waals surface area contributed by atoms with Crippen LogP contribution in [0.25, 0.3) is 0 Å². The summed E-state index contributed by atoms with van der Waals surface area (Å²) in [5.74, 6) is -1.85. The Bertz CT molecular complexity index is 552. The van der Waals surface area contributed by atoms with Gasteiger partial charge in [-0.15, -0.1) is 0 Å². The van der Waals surface area contributed by atoms with Gasteiger partial charge < -0.3 is 5.11 Å². The molecule has 0 spiro atoms. The van der Waals surface area contributed by atoms with E-state index in [1.165, 1.54) is 38.1 Å². The van der Waals surface area contributed by atoms with E-state index in [4.69, 9.17) is 5.11 Å². The lowest BCUT2D eigenvalue weighted by molar-refractivity contribution is -0.146. The van der Waals surface area contributed by atoms with E-state index >= 15 is 0 Å². The van der Waals surface area contributed by atoms with Crippen molar-refractivity contribution in [3.63, 3.8) is 0 Å². The molecule has 0 aliphatic rings. The summed E-state index contributed by atoms with van der Waals surface area (Å²) in [5, 5.41) is 8.88. The van der Waals surface area contributed by atoms with Crippen LogP contribution in [0, 0.1) is 11.2 Å². The monoisotopic (exact) mass is 289 g/mol. The molecule has 1 rings (SSSR count). The van der Waals surface area contributed by atoms with Crippen molar-refractivity contribution in [1.82, 2.24) is 4.72 Å². The highest BCUT2D eigenvalue weighted by atomic mass is 32.2. The Kier molecular flexibility index (Phi) is 4.65. The van der Waals surface area contributed by atoms with Crippen molar-refractivity contribution in [2.24, 2.45) is 5.41 Å². The molecule has 0 aliphatic carbocycles. The quantitative estimate of drug-likeness (QED) is 0.828. The van der Waals surface area contributed by atoms with E-state index in [-0.39, 0.29) is 12.3 Å². The molecule has 0 amide bonds. The number of halogens is 1. The number of rotatable bonds is 6. The first-order valence-corrected chi connectivity index (χ1v) is 7.23. The third-order valence-corrected chi connectivity index (χ3v) is 3.88. The number of sulfonamides is 1. The summed E-state index contributed by atoms with van der Waals surface area (Å²) >= 11 is 0. The number of nitrogens with one attached hydrogen (secondary N) is 1. The molecule has 0 radical (unpaired) electrons. The molecule has 0 heterocycles. The zero-order valence-electron chi connectivity index (χ0n) is 10.7. The largest absolute Gasteiger partial charge is 0.481 e. The van der Waals surface area contributed by atoms with Gasteiger partial charge in [-0.1, -0.05) is 12.1 Å². The van der Waals surface area contributed by atoms with Gasteiger partial charge in [0.1, 0.15) is 5.82 Å². The average molecular weight is 289 g/mol. The summed E-state index contributed by atoms with van der Waals surface area (Å²) < 4.78 is 38.4. The van der Waals surface area contributed by atoms with E-state index in [9.17, 15) is 17.6 Å². The summed E-state index contributed by atoms with van der Waals surface area (Å²) in [6.45, 7) is 2.65. The van der Waals surface area contributed by atoms with Gasteiger partial charge in [-0.2, -0.15) is 0 Å². The molecule has 0 unspecified atom stereocenters. The van der Waals surface area contributed by atoms with Crippen LogP contribution in [0.3, 0.4) is 0 Å². The molecule has 0 saturated heterocycles. The summed E-state index contributed by atoms with van der Waals surface area (Å²) in [5.41, 5.74) is -0.752. The Hall–Kier alpha value is -1.47. The molecule has 0 fully saturated rings. The highest BCUT2D eigenvalue weighted by Crippen LogP contribution is 2.14. The molecule has 0 aliphatic heterocycles. The van der Waals surface area contributed by atoms with E-state index in [1.54, 1.807) is 0 Å². The second-order valence-corrected chi connectivity index (χ2v) is 6.70. The van der Waals surface area contributed by atoms with Crippen LogP contribution >= 0.6 is 0 Å². The smallest absolute Gasteiger partial charge is 0.310 e. The molecular weight excluding hydrogens is 273 g/mol. The zero-order valence-corrected chi connectivity index (χ0v) is 11.5. The third kappa shape index (κ3) is 4.96. The molecule has 106 valence electrons. The summed E-state index contributed by atoms with van der Waals surface area (Å²) in [6, 6.07) is 5.09. The van der Waals surface area contributed by atoms with Crippen LogP contribution in [0.2, 0.25) is 0 Å². The minimum Gasteiger partial charge on any atom is -0.481 e. The van der Waals surface area contributed by atoms with Crippen LogP contribution < -0.4 is 4.72 Å². The van der Waals surface area contributed by atoms with E-state index in [1.807, 2.05) is 0 Å². The van der Waals surface area contributed by atoms with Gasteiger partial charge in [0, 0.05) is 6.54 Å². The van der Waals surface area contributed by atoms with E-state index in [0.717, 1.165) is 0 Å². The Labute approximate surface area is 111 Å². The van der Waals surface area contributed by atoms with E-state index in [2.05, 4.69) is 4.72 Å². The normalized spacial score (nSPS) is 12.4. The topological polar surface area (TPSA) is 83.5 Å². The number of benzene rings is 1. The fourth-order valence-corrected chi connectivity index (χ4v) is 2.53. The van der Waals surface area contributed by atoms with Gasteiger partial charge in [0.25, 0.3) is 0 Å². The maximum absolute atomic E-state index is 12.7. The van der Waals surface area contributed by atoms with E-state index in [0.29, 0.717) is 5.56 Å². The first-order valence-electron chi connectivity index (χ1n) is 5.57. The van der Waals surface area contributed by atoms with Crippen molar-refractivity contribution in [3.8, 4) is 0 Å². The van der Waals surface area contributed by atoms with Gasteiger partial charge in [0.2, 0.25) is 10.0 Å². The standard InChI is InChI=1S/C12H16FNO4S/c1-12(2,11(15)16)8-14-19(17,18)7-9-3-5-10(13)6-4-9/h3-6,14H,7-8H2,1-2H3,(H,15,16). The third-order valence-electron chi connectivity index (χ3n) is 2.58. The second-order valence-electron chi connectivity index (χ2n) is 4.90. The summed E-state index contributed by atoms with van der Waals surface area (Å²) in [7, 11) is -3.65. The summed E-state index contributed by atoms with van der Waals surface area (Å²) in [4.78, 5) is 10.9. The van der Waals surface area contributed by atoms with Crippen molar-refractivity contribution in [2.75, 3.05) is 6.54 Å². The molecule has 7 heteroatoms. The maximum atomic E-state index is 12.7. The first-order chi connectivity index (χ1) is 8.62. The SMILES string of the molecule is CC(C)(CNS(=O)(=O)Cc1ccc(F)cc1)C(=O)O. The molecule has 0 aromatic heterocycles. The van der Waals surface area contributed by atoms with Gasteiger partial charge in [-0.3, -0.25) is 4.79 Å². The average Bonchev–Trinajstić information content (AvgIpc) is 2.30. The lowest BCUT2D eigenvalue weighted by atomic mass is 9.95. The van der Waals surface area contributed by atoms with Crippen molar-refractivity contribution < 1.29 is 22.7 Å². The minimum atomic E-state index is -3.65. The fourth-order valence-electron chi connectivity index (χ4n) is 1.22. The van der Waals surface area contributed by atoms with Crippen molar-refractivity contribution >= 4 is 16.0 Å².